The molecule has 0 radical (unpaired) electrons. The Morgan fingerprint density at radius 2 is 1.93 bits per heavy atom. The van der Waals surface area contributed by atoms with Gasteiger partial charge in [0, 0.05) is 12.6 Å². The maximum atomic E-state index is 12.2. The first-order valence-electron chi connectivity index (χ1n) is 9.65. The minimum atomic E-state index is -0.719. The number of nitrogens with one attached hydrogen (secondary N) is 2. The van der Waals surface area contributed by atoms with E-state index in [0.29, 0.717) is 29.6 Å². The molecule has 0 bridgehead atoms. The number of hydrogen-bond donors (Lipinski definition) is 2. The molecule has 8 nitrogen and oxygen atoms in total. The Bertz CT molecular complexity index is 814. The Morgan fingerprint density at radius 3 is 2.59 bits per heavy atom. The molecule has 0 atom stereocenters. The normalized spacial score (nSPS) is 15.0. The Balaban J connectivity index is 1.42. The smallest absolute Gasteiger partial charge is 0.313 e. The van der Waals surface area contributed by atoms with Crippen LogP contribution in [-0.2, 0) is 16.1 Å². The molecule has 0 spiro atoms. The number of furan rings is 1. The molecule has 2 aromatic rings. The van der Waals surface area contributed by atoms with E-state index in [-0.39, 0.29) is 0 Å². The fraction of sp³-hybridized carbons (Fsp3) is 0.429. The molecule has 1 aliphatic rings. The van der Waals surface area contributed by atoms with E-state index in [9.17, 15) is 9.59 Å². The molecule has 2 N–H and O–H groups in total. The van der Waals surface area contributed by atoms with Crippen LogP contribution in [-0.4, -0.2) is 50.6 Å². The van der Waals surface area contributed by atoms with Gasteiger partial charge in [0.25, 0.3) is 0 Å². The second-order valence-corrected chi connectivity index (χ2v) is 7.03. The summed E-state index contributed by atoms with van der Waals surface area (Å²) in [7, 11) is 3.03. The highest BCUT2D eigenvalue weighted by Crippen LogP contribution is 2.28. The van der Waals surface area contributed by atoms with Gasteiger partial charge in [0.1, 0.15) is 17.3 Å². The fourth-order valence-electron chi connectivity index (χ4n) is 3.37. The van der Waals surface area contributed by atoms with Gasteiger partial charge in [-0.05, 0) is 56.1 Å². The number of carbonyl (C=O) groups is 2. The molecule has 3 rings (SSSR count). The van der Waals surface area contributed by atoms with Crippen LogP contribution in [0.4, 0.5) is 5.69 Å². The highest BCUT2D eigenvalue weighted by Gasteiger charge is 2.22. The van der Waals surface area contributed by atoms with Crippen LogP contribution in [0.2, 0.25) is 0 Å². The lowest BCUT2D eigenvalue weighted by Gasteiger charge is -2.31. The average molecular weight is 401 g/mol. The zero-order valence-electron chi connectivity index (χ0n) is 16.8. The van der Waals surface area contributed by atoms with Gasteiger partial charge >= 0.3 is 11.8 Å². The van der Waals surface area contributed by atoms with Gasteiger partial charge in [-0.25, -0.2) is 0 Å². The summed E-state index contributed by atoms with van der Waals surface area (Å²) in [5, 5.41) is 5.32. The van der Waals surface area contributed by atoms with Gasteiger partial charge in [0.2, 0.25) is 0 Å². The van der Waals surface area contributed by atoms with Gasteiger partial charge in [-0.15, -0.1) is 0 Å². The van der Waals surface area contributed by atoms with Crippen molar-refractivity contribution in [1.29, 1.82) is 0 Å². The SMILES string of the molecule is COc1ccc(NC(=O)C(=O)NCC2CCN(Cc3ccco3)CC2)c(OC)c1. The average Bonchev–Trinajstić information content (AvgIpc) is 3.26. The van der Waals surface area contributed by atoms with Crippen LogP contribution in [0.5, 0.6) is 11.5 Å². The van der Waals surface area contributed by atoms with Gasteiger partial charge in [-0.2, -0.15) is 0 Å². The number of methoxy groups -OCH3 is 2. The molecule has 156 valence electrons. The van der Waals surface area contributed by atoms with Crippen molar-refractivity contribution in [2.24, 2.45) is 5.92 Å². The largest absolute Gasteiger partial charge is 0.497 e. The summed E-state index contributed by atoms with van der Waals surface area (Å²) in [5.41, 5.74) is 0.416. The number of anilines is 1. The summed E-state index contributed by atoms with van der Waals surface area (Å²) in [5.74, 6) is 0.972. The Labute approximate surface area is 170 Å². The number of piperidine rings is 1. The molecule has 1 aromatic carbocycles. The predicted octanol–water partition coefficient (Wildman–Crippen LogP) is 2.26. The minimum Gasteiger partial charge on any atom is -0.497 e. The summed E-state index contributed by atoms with van der Waals surface area (Å²) < 4.78 is 15.7. The van der Waals surface area contributed by atoms with Crippen LogP contribution in [0, 0.1) is 5.92 Å². The highest BCUT2D eigenvalue weighted by molar-refractivity contribution is 6.39. The minimum absolute atomic E-state index is 0.357. The van der Waals surface area contributed by atoms with E-state index in [1.807, 2.05) is 12.1 Å². The lowest BCUT2D eigenvalue weighted by molar-refractivity contribution is -0.136. The lowest BCUT2D eigenvalue weighted by atomic mass is 9.96. The second-order valence-electron chi connectivity index (χ2n) is 7.03. The van der Waals surface area contributed by atoms with Gasteiger partial charge in [0.05, 0.1) is 32.7 Å². The standard InChI is InChI=1S/C21H27N3O5/c1-27-16-5-6-18(19(12-16)28-2)23-21(26)20(25)22-13-15-7-9-24(10-8-15)14-17-4-3-11-29-17/h3-6,11-12,15H,7-10,13-14H2,1-2H3,(H,22,25)(H,23,26). The number of carbonyl (C=O) groups excluding carboxylic acids is 2. The molecule has 2 amide bonds. The summed E-state index contributed by atoms with van der Waals surface area (Å²) in [6, 6.07) is 8.83. The van der Waals surface area contributed by atoms with Gasteiger partial charge < -0.3 is 24.5 Å². The van der Waals surface area contributed by atoms with E-state index in [2.05, 4.69) is 15.5 Å². The van der Waals surface area contributed by atoms with Crippen molar-refractivity contribution >= 4 is 17.5 Å². The first-order valence-corrected chi connectivity index (χ1v) is 9.65. The molecular formula is C21H27N3O5. The summed E-state index contributed by atoms with van der Waals surface area (Å²) in [6.07, 6.45) is 3.62. The van der Waals surface area contributed by atoms with Crippen LogP contribution in [0.25, 0.3) is 0 Å². The third kappa shape index (κ3) is 5.74. The number of rotatable bonds is 7. The first kappa shape index (κ1) is 20.7. The van der Waals surface area contributed by atoms with E-state index in [1.54, 1.807) is 31.6 Å². The molecule has 1 fully saturated rings. The summed E-state index contributed by atoms with van der Waals surface area (Å²) in [4.78, 5) is 26.7. The van der Waals surface area contributed by atoms with Crippen molar-refractivity contribution in [3.8, 4) is 11.5 Å². The monoisotopic (exact) mass is 401 g/mol. The number of likely N-dealkylation sites (tertiary alicyclic amines) is 1. The zero-order chi connectivity index (χ0) is 20.6. The molecule has 0 unspecified atom stereocenters. The number of nitrogens with zero attached hydrogens (tertiary/aromatic N) is 1. The Morgan fingerprint density at radius 1 is 1.14 bits per heavy atom. The van der Waals surface area contributed by atoms with Crippen molar-refractivity contribution < 1.29 is 23.5 Å². The third-order valence-corrected chi connectivity index (χ3v) is 5.08. The molecule has 1 saturated heterocycles. The van der Waals surface area contributed by atoms with Gasteiger partial charge in [-0.3, -0.25) is 14.5 Å². The van der Waals surface area contributed by atoms with E-state index in [4.69, 9.17) is 13.9 Å². The predicted molar refractivity (Wildman–Crippen MR) is 108 cm³/mol. The van der Waals surface area contributed by atoms with Crippen molar-refractivity contribution in [3.05, 3.63) is 42.4 Å². The second kappa shape index (κ2) is 9.97. The Hall–Kier alpha value is -3.00. The molecule has 29 heavy (non-hydrogen) atoms. The van der Waals surface area contributed by atoms with Crippen LogP contribution < -0.4 is 20.1 Å². The van der Waals surface area contributed by atoms with Crippen molar-refractivity contribution in [1.82, 2.24) is 10.2 Å². The van der Waals surface area contributed by atoms with E-state index in [0.717, 1.165) is 38.2 Å². The number of benzene rings is 1. The molecule has 1 aromatic heterocycles. The van der Waals surface area contributed by atoms with Gasteiger partial charge in [0.15, 0.2) is 0 Å². The van der Waals surface area contributed by atoms with Crippen LogP contribution in [0.1, 0.15) is 18.6 Å². The maximum absolute atomic E-state index is 12.2. The molecule has 0 saturated carbocycles. The van der Waals surface area contributed by atoms with Crippen LogP contribution in [0.3, 0.4) is 0 Å². The molecular weight excluding hydrogens is 374 g/mol. The topological polar surface area (TPSA) is 93.0 Å². The van der Waals surface area contributed by atoms with Gasteiger partial charge in [-0.1, -0.05) is 0 Å². The maximum Gasteiger partial charge on any atom is 0.313 e. The number of ether oxygens (including phenoxy) is 2. The summed E-state index contributed by atoms with van der Waals surface area (Å²) in [6.45, 7) is 3.17. The van der Waals surface area contributed by atoms with Crippen molar-refractivity contribution in [3.63, 3.8) is 0 Å². The highest BCUT2D eigenvalue weighted by atomic mass is 16.5. The van der Waals surface area contributed by atoms with E-state index in [1.165, 1.54) is 7.11 Å². The zero-order valence-corrected chi connectivity index (χ0v) is 16.8. The summed E-state index contributed by atoms with van der Waals surface area (Å²) >= 11 is 0. The van der Waals surface area contributed by atoms with Crippen molar-refractivity contribution in [2.75, 3.05) is 39.2 Å². The van der Waals surface area contributed by atoms with E-state index < -0.39 is 11.8 Å². The fourth-order valence-corrected chi connectivity index (χ4v) is 3.37. The van der Waals surface area contributed by atoms with Crippen LogP contribution >= 0.6 is 0 Å². The third-order valence-electron chi connectivity index (χ3n) is 5.08. The van der Waals surface area contributed by atoms with Crippen LogP contribution in [0.15, 0.2) is 41.0 Å². The molecule has 2 heterocycles. The first-order chi connectivity index (χ1) is 14.1. The Kier molecular flexibility index (Phi) is 7.13. The number of amides is 2. The molecule has 0 aliphatic carbocycles. The van der Waals surface area contributed by atoms with Crippen molar-refractivity contribution in [2.45, 2.75) is 19.4 Å². The molecule has 8 heteroatoms. The van der Waals surface area contributed by atoms with E-state index >= 15 is 0 Å². The lowest BCUT2D eigenvalue weighted by Crippen LogP contribution is -2.41. The quantitative estimate of drug-likeness (QED) is 0.692. The number of hydrogen-bond acceptors (Lipinski definition) is 6. The molecule has 1 aliphatic heterocycles.